The third kappa shape index (κ3) is 21.8. The average molecular weight is 463 g/mol. The second-order valence-electron chi connectivity index (χ2n) is 6.14. The molecular formula is C14H36Br2Cl2N2+2. The molecule has 0 N–H and O–H groups in total. The Morgan fingerprint density at radius 3 is 1.40 bits per heavy atom. The van der Waals surface area contributed by atoms with E-state index < -0.39 is 0 Å². The molecule has 0 atom stereocenters. The first-order valence-electron chi connectivity index (χ1n) is 7.00. The van der Waals surface area contributed by atoms with Crippen LogP contribution in [0, 0.1) is 0 Å². The van der Waals surface area contributed by atoms with E-state index in [1.807, 2.05) is 0 Å². The van der Waals surface area contributed by atoms with E-state index in [2.05, 4.69) is 58.0 Å². The van der Waals surface area contributed by atoms with Crippen molar-refractivity contribution in [3.8, 4) is 0 Å². The summed E-state index contributed by atoms with van der Waals surface area (Å²) in [5.41, 5.74) is 0. The molecule has 0 unspecified atom stereocenters. The fraction of sp³-hybridized carbons (Fsp3) is 1.00. The maximum absolute atomic E-state index is 5.61. The minimum atomic E-state index is 0. The summed E-state index contributed by atoms with van der Waals surface area (Å²) in [5.74, 6) is 0.771. The summed E-state index contributed by atoms with van der Waals surface area (Å²) >= 11 is 9.05. The predicted molar refractivity (Wildman–Crippen MR) is 106 cm³/mol. The largest absolute Gasteiger partial charge is 0.328 e. The van der Waals surface area contributed by atoms with Gasteiger partial charge in [0, 0.05) is 0 Å². The van der Waals surface area contributed by atoms with E-state index in [4.69, 9.17) is 11.6 Å². The van der Waals surface area contributed by atoms with Crippen LogP contribution in [0.5, 0.6) is 0 Å². The highest BCUT2D eigenvalue weighted by Crippen LogP contribution is 1.99. The van der Waals surface area contributed by atoms with Crippen molar-refractivity contribution in [2.75, 3.05) is 65.6 Å². The summed E-state index contributed by atoms with van der Waals surface area (Å²) in [6, 6.07) is 0. The SMILES string of the molecule is Br.CCC[N+](C)(C)CCBr.CCC[N+](C)(C)CCCl.Cl. The number of hydrogen-bond donors (Lipinski definition) is 0. The lowest BCUT2D eigenvalue weighted by atomic mass is 10.4. The van der Waals surface area contributed by atoms with Crippen LogP contribution in [0.1, 0.15) is 26.7 Å². The van der Waals surface area contributed by atoms with Gasteiger partial charge >= 0.3 is 0 Å². The smallest absolute Gasteiger partial charge is 0.0920 e. The maximum atomic E-state index is 5.61. The normalized spacial score (nSPS) is 10.8. The first-order chi connectivity index (χ1) is 8.24. The van der Waals surface area contributed by atoms with Gasteiger partial charge in [-0.15, -0.1) is 41.0 Å². The summed E-state index contributed by atoms with van der Waals surface area (Å²) in [7, 11) is 8.97. The van der Waals surface area contributed by atoms with Gasteiger partial charge in [0.2, 0.25) is 0 Å². The quantitative estimate of drug-likeness (QED) is 0.366. The first kappa shape index (κ1) is 29.5. The molecule has 0 bridgehead atoms. The monoisotopic (exact) mass is 460 g/mol. The third-order valence-corrected chi connectivity index (χ3v) is 3.56. The number of hydrogen-bond acceptors (Lipinski definition) is 0. The standard InChI is InChI=1S/C7H17BrN.C7H17ClN.BrH.ClH/c2*1-4-6-9(2,3)7-5-8;;/h2*4-7H2,1-3H3;2*1H/q2*+1;;. The molecule has 0 aromatic carbocycles. The van der Waals surface area contributed by atoms with E-state index in [-0.39, 0.29) is 29.4 Å². The topological polar surface area (TPSA) is 0 Å². The average Bonchev–Trinajstić information content (AvgIpc) is 2.17. The van der Waals surface area contributed by atoms with Gasteiger partial charge in [-0.05, 0) is 12.8 Å². The molecule has 0 saturated carbocycles. The number of halogens is 4. The van der Waals surface area contributed by atoms with E-state index in [1.165, 1.54) is 32.5 Å². The fourth-order valence-corrected chi connectivity index (χ4v) is 3.31. The molecule has 0 heterocycles. The summed E-state index contributed by atoms with van der Waals surface area (Å²) in [4.78, 5) is 0. The van der Waals surface area contributed by atoms with Gasteiger partial charge in [0.05, 0.1) is 65.6 Å². The molecule has 2 nitrogen and oxygen atoms in total. The van der Waals surface area contributed by atoms with E-state index in [0.717, 1.165) is 26.7 Å². The first-order valence-corrected chi connectivity index (χ1v) is 8.66. The van der Waals surface area contributed by atoms with Gasteiger partial charge in [0.15, 0.2) is 0 Å². The van der Waals surface area contributed by atoms with Crippen LogP contribution in [0.3, 0.4) is 0 Å². The summed E-state index contributed by atoms with van der Waals surface area (Å²) in [6.45, 7) is 9.25. The van der Waals surface area contributed by atoms with Crippen LogP contribution in [0.25, 0.3) is 0 Å². The second kappa shape index (κ2) is 16.8. The second-order valence-corrected chi connectivity index (χ2v) is 7.31. The lowest BCUT2D eigenvalue weighted by Gasteiger charge is -2.28. The van der Waals surface area contributed by atoms with Crippen LogP contribution >= 0.6 is 56.9 Å². The van der Waals surface area contributed by atoms with Gasteiger partial charge in [-0.3, -0.25) is 0 Å². The van der Waals surface area contributed by atoms with Gasteiger partial charge in [-0.2, -0.15) is 0 Å². The van der Waals surface area contributed by atoms with Gasteiger partial charge in [-0.25, -0.2) is 0 Å². The molecule has 0 radical (unpaired) electrons. The van der Waals surface area contributed by atoms with Crippen molar-refractivity contribution in [2.24, 2.45) is 0 Å². The molecule has 6 heteroatoms. The Morgan fingerprint density at radius 2 is 1.15 bits per heavy atom. The molecule has 0 aliphatic carbocycles. The number of nitrogens with zero attached hydrogens (tertiary/aromatic N) is 2. The molecule has 0 aromatic rings. The molecule has 0 spiro atoms. The lowest BCUT2D eigenvalue weighted by molar-refractivity contribution is -0.887. The number of rotatable bonds is 8. The third-order valence-electron chi connectivity index (χ3n) is 3.04. The van der Waals surface area contributed by atoms with Crippen molar-refractivity contribution in [3.63, 3.8) is 0 Å². The zero-order chi connectivity index (χ0) is 14.7. The van der Waals surface area contributed by atoms with Gasteiger partial charge in [0.1, 0.15) is 0 Å². The van der Waals surface area contributed by atoms with Crippen molar-refractivity contribution in [2.45, 2.75) is 26.7 Å². The highest BCUT2D eigenvalue weighted by molar-refractivity contribution is 9.09. The Labute approximate surface area is 157 Å². The van der Waals surface area contributed by atoms with Crippen LogP contribution in [0.4, 0.5) is 0 Å². The zero-order valence-corrected chi connectivity index (χ0v) is 19.0. The Hall–Kier alpha value is 1.46. The molecule has 20 heavy (non-hydrogen) atoms. The predicted octanol–water partition coefficient (Wildman–Crippen LogP) is 4.58. The van der Waals surface area contributed by atoms with Crippen LogP contribution in [0.2, 0.25) is 0 Å². The maximum Gasteiger partial charge on any atom is 0.0920 e. The van der Waals surface area contributed by atoms with E-state index in [1.54, 1.807) is 0 Å². The fourth-order valence-electron chi connectivity index (χ4n) is 1.89. The van der Waals surface area contributed by atoms with E-state index >= 15 is 0 Å². The Bertz CT molecular complexity index is 156. The molecular weight excluding hydrogens is 427 g/mol. The number of quaternary nitrogens is 2. The van der Waals surface area contributed by atoms with Gasteiger partial charge in [0.25, 0.3) is 0 Å². The molecule has 0 amide bonds. The minimum absolute atomic E-state index is 0. The summed E-state index contributed by atoms with van der Waals surface area (Å²) in [5, 5.41) is 1.11. The number of alkyl halides is 2. The Kier molecular flexibility index (Phi) is 24.8. The van der Waals surface area contributed by atoms with Crippen LogP contribution in [0.15, 0.2) is 0 Å². The highest BCUT2D eigenvalue weighted by atomic mass is 79.9. The Morgan fingerprint density at radius 1 is 0.800 bits per heavy atom. The molecule has 0 saturated heterocycles. The zero-order valence-electron chi connectivity index (χ0n) is 14.1. The molecule has 0 aliphatic heterocycles. The van der Waals surface area contributed by atoms with Gasteiger partial charge < -0.3 is 8.97 Å². The Balaban J connectivity index is -0.000000116. The van der Waals surface area contributed by atoms with Crippen molar-refractivity contribution < 1.29 is 8.97 Å². The van der Waals surface area contributed by atoms with E-state index in [0.29, 0.717) is 0 Å². The van der Waals surface area contributed by atoms with Gasteiger partial charge in [-0.1, -0.05) is 29.8 Å². The summed E-state index contributed by atoms with van der Waals surface area (Å²) in [6.07, 6.45) is 2.52. The lowest BCUT2D eigenvalue weighted by Crippen LogP contribution is -2.41. The van der Waals surface area contributed by atoms with Crippen LogP contribution < -0.4 is 0 Å². The van der Waals surface area contributed by atoms with Crippen LogP contribution in [-0.2, 0) is 0 Å². The minimum Gasteiger partial charge on any atom is -0.328 e. The molecule has 0 aromatic heterocycles. The van der Waals surface area contributed by atoms with E-state index in [9.17, 15) is 0 Å². The van der Waals surface area contributed by atoms with Crippen molar-refractivity contribution >= 4 is 56.9 Å². The molecule has 0 rings (SSSR count). The summed E-state index contributed by atoms with van der Waals surface area (Å²) < 4.78 is 2.20. The van der Waals surface area contributed by atoms with Crippen molar-refractivity contribution in [1.29, 1.82) is 0 Å². The highest BCUT2D eigenvalue weighted by Gasteiger charge is 2.11. The molecule has 0 fully saturated rings. The van der Waals surface area contributed by atoms with Crippen LogP contribution in [-0.4, -0.2) is 74.5 Å². The molecule has 128 valence electrons. The molecule has 0 aliphatic rings. The van der Waals surface area contributed by atoms with Crippen molar-refractivity contribution in [1.82, 2.24) is 0 Å². The van der Waals surface area contributed by atoms with Crippen molar-refractivity contribution in [3.05, 3.63) is 0 Å².